The second kappa shape index (κ2) is 5.33. The molecule has 1 N–H and O–H groups in total. The Bertz CT molecular complexity index is 389. The van der Waals surface area contributed by atoms with Gasteiger partial charge in [0.15, 0.2) is 0 Å². The first-order valence-corrected chi connectivity index (χ1v) is 5.82. The lowest BCUT2D eigenvalue weighted by molar-refractivity contribution is 0.0559. The maximum Gasteiger partial charge on any atom is 0.373 e. The Morgan fingerprint density at radius 2 is 2.47 bits per heavy atom. The monoisotopic (exact) mass is 238 g/mol. The van der Waals surface area contributed by atoms with E-state index >= 15 is 0 Å². The summed E-state index contributed by atoms with van der Waals surface area (Å²) in [5.74, 6) is 0.647. The van der Waals surface area contributed by atoms with E-state index in [4.69, 9.17) is 4.42 Å². The van der Waals surface area contributed by atoms with Gasteiger partial charge in [0.1, 0.15) is 5.76 Å². The summed E-state index contributed by atoms with van der Waals surface area (Å²) in [6.07, 6.45) is 0. The van der Waals surface area contributed by atoms with Crippen LogP contribution in [0.15, 0.2) is 16.5 Å². The zero-order valence-electron chi connectivity index (χ0n) is 10.2. The highest BCUT2D eigenvalue weighted by atomic mass is 16.5. The van der Waals surface area contributed by atoms with E-state index < -0.39 is 5.97 Å². The fourth-order valence-electron chi connectivity index (χ4n) is 1.99. The van der Waals surface area contributed by atoms with E-state index in [2.05, 4.69) is 21.9 Å². The van der Waals surface area contributed by atoms with E-state index in [1.807, 2.05) is 6.07 Å². The molecule has 2 rings (SSSR count). The van der Waals surface area contributed by atoms with Gasteiger partial charge < -0.3 is 14.5 Å². The lowest BCUT2D eigenvalue weighted by Crippen LogP contribution is -2.49. The molecule has 0 bridgehead atoms. The van der Waals surface area contributed by atoms with Gasteiger partial charge in [-0.2, -0.15) is 0 Å². The molecule has 1 aromatic heterocycles. The first-order chi connectivity index (χ1) is 8.20. The topological polar surface area (TPSA) is 54.7 Å². The lowest BCUT2D eigenvalue weighted by atomic mass is 10.2. The van der Waals surface area contributed by atoms with Gasteiger partial charge in [-0.25, -0.2) is 4.79 Å². The van der Waals surface area contributed by atoms with Crippen LogP contribution in [-0.4, -0.2) is 43.7 Å². The number of piperazine rings is 1. The van der Waals surface area contributed by atoms with Crippen molar-refractivity contribution in [2.75, 3.05) is 26.7 Å². The Hall–Kier alpha value is -1.33. The van der Waals surface area contributed by atoms with Gasteiger partial charge in [0.25, 0.3) is 0 Å². The second-order valence-electron chi connectivity index (χ2n) is 4.28. The van der Waals surface area contributed by atoms with Gasteiger partial charge in [-0.15, -0.1) is 0 Å². The number of nitrogens with zero attached hydrogens (tertiary/aromatic N) is 1. The van der Waals surface area contributed by atoms with Crippen LogP contribution in [0.5, 0.6) is 0 Å². The molecule has 5 nitrogen and oxygen atoms in total. The summed E-state index contributed by atoms with van der Waals surface area (Å²) in [5.41, 5.74) is 0. The first-order valence-electron chi connectivity index (χ1n) is 5.82. The highest BCUT2D eigenvalue weighted by molar-refractivity contribution is 5.86. The third kappa shape index (κ3) is 2.87. The van der Waals surface area contributed by atoms with Crippen molar-refractivity contribution in [1.29, 1.82) is 0 Å². The molecule has 1 saturated heterocycles. The maximum absolute atomic E-state index is 11.2. The first kappa shape index (κ1) is 12.1. The van der Waals surface area contributed by atoms with Gasteiger partial charge in [0.05, 0.1) is 13.7 Å². The zero-order chi connectivity index (χ0) is 12.3. The smallest absolute Gasteiger partial charge is 0.373 e. The predicted octanol–water partition coefficient (Wildman–Crippen LogP) is 0.860. The molecule has 0 saturated carbocycles. The predicted molar refractivity (Wildman–Crippen MR) is 62.8 cm³/mol. The summed E-state index contributed by atoms with van der Waals surface area (Å²) in [5, 5.41) is 3.34. The molecule has 1 aliphatic heterocycles. The highest BCUT2D eigenvalue weighted by Crippen LogP contribution is 2.14. The van der Waals surface area contributed by atoms with E-state index in [1.54, 1.807) is 6.07 Å². The Kier molecular flexibility index (Phi) is 3.81. The minimum absolute atomic E-state index is 0.269. The van der Waals surface area contributed by atoms with E-state index in [1.165, 1.54) is 7.11 Å². The molecule has 1 fully saturated rings. The van der Waals surface area contributed by atoms with Crippen LogP contribution in [0.3, 0.4) is 0 Å². The number of esters is 1. The molecule has 2 heterocycles. The van der Waals surface area contributed by atoms with Crippen LogP contribution in [0.4, 0.5) is 0 Å². The summed E-state index contributed by atoms with van der Waals surface area (Å²) in [6, 6.07) is 3.98. The summed E-state index contributed by atoms with van der Waals surface area (Å²) in [7, 11) is 1.35. The minimum atomic E-state index is -0.426. The van der Waals surface area contributed by atoms with Gasteiger partial charge in [0, 0.05) is 25.7 Å². The third-order valence-corrected chi connectivity index (χ3v) is 3.05. The summed E-state index contributed by atoms with van der Waals surface area (Å²) in [6.45, 7) is 5.89. The molecule has 94 valence electrons. The average molecular weight is 238 g/mol. The molecule has 0 spiro atoms. The average Bonchev–Trinajstić information content (AvgIpc) is 2.80. The van der Waals surface area contributed by atoms with Crippen LogP contribution >= 0.6 is 0 Å². The molecule has 1 atom stereocenters. The van der Waals surface area contributed by atoms with Crippen molar-refractivity contribution in [2.24, 2.45) is 0 Å². The second-order valence-corrected chi connectivity index (χ2v) is 4.28. The van der Waals surface area contributed by atoms with Crippen molar-refractivity contribution in [3.05, 3.63) is 23.7 Å². The van der Waals surface area contributed by atoms with Crippen molar-refractivity contribution < 1.29 is 13.9 Å². The Morgan fingerprint density at radius 3 is 3.18 bits per heavy atom. The van der Waals surface area contributed by atoms with Crippen molar-refractivity contribution in [2.45, 2.75) is 19.5 Å². The Balaban J connectivity index is 1.98. The third-order valence-electron chi connectivity index (χ3n) is 3.05. The Labute approximate surface area is 101 Å². The molecule has 0 aliphatic carbocycles. The Morgan fingerprint density at radius 1 is 1.65 bits per heavy atom. The highest BCUT2D eigenvalue weighted by Gasteiger charge is 2.20. The van der Waals surface area contributed by atoms with Crippen LogP contribution in [0, 0.1) is 0 Å². The van der Waals surface area contributed by atoms with E-state index in [0.717, 1.165) is 31.9 Å². The number of carbonyl (C=O) groups excluding carboxylic acids is 1. The van der Waals surface area contributed by atoms with Gasteiger partial charge in [0.2, 0.25) is 5.76 Å². The van der Waals surface area contributed by atoms with Crippen molar-refractivity contribution >= 4 is 5.97 Å². The minimum Gasteiger partial charge on any atom is -0.463 e. The summed E-state index contributed by atoms with van der Waals surface area (Å²) < 4.78 is 10.1. The van der Waals surface area contributed by atoms with Crippen LogP contribution in [0.2, 0.25) is 0 Å². The van der Waals surface area contributed by atoms with Gasteiger partial charge in [-0.05, 0) is 19.1 Å². The normalized spacial score (nSPS) is 21.4. The summed E-state index contributed by atoms with van der Waals surface area (Å²) >= 11 is 0. The molecule has 17 heavy (non-hydrogen) atoms. The number of methoxy groups -OCH3 is 1. The van der Waals surface area contributed by atoms with Crippen LogP contribution in [0.1, 0.15) is 23.2 Å². The molecule has 0 radical (unpaired) electrons. The van der Waals surface area contributed by atoms with Gasteiger partial charge in [-0.3, -0.25) is 4.90 Å². The number of hydrogen-bond acceptors (Lipinski definition) is 5. The van der Waals surface area contributed by atoms with Crippen LogP contribution in [-0.2, 0) is 11.3 Å². The van der Waals surface area contributed by atoms with Crippen LogP contribution < -0.4 is 5.32 Å². The number of ether oxygens (including phenoxy) is 1. The van der Waals surface area contributed by atoms with E-state index in [-0.39, 0.29) is 5.76 Å². The number of rotatable bonds is 3. The summed E-state index contributed by atoms with van der Waals surface area (Å²) in [4.78, 5) is 13.6. The van der Waals surface area contributed by atoms with Gasteiger partial charge >= 0.3 is 5.97 Å². The SMILES string of the molecule is COC(=O)c1ccc(CN2CCNCC2C)o1. The quantitative estimate of drug-likeness (QED) is 0.791. The number of nitrogens with one attached hydrogen (secondary N) is 1. The number of hydrogen-bond donors (Lipinski definition) is 1. The molecule has 0 amide bonds. The largest absolute Gasteiger partial charge is 0.463 e. The van der Waals surface area contributed by atoms with Crippen molar-refractivity contribution in [3.8, 4) is 0 Å². The van der Waals surface area contributed by atoms with E-state index in [0.29, 0.717) is 6.04 Å². The zero-order valence-corrected chi connectivity index (χ0v) is 10.2. The molecular formula is C12H18N2O3. The standard InChI is InChI=1S/C12H18N2O3/c1-9-7-13-5-6-14(9)8-10-3-4-11(17-10)12(15)16-2/h3-4,9,13H,5-8H2,1-2H3. The van der Waals surface area contributed by atoms with Crippen molar-refractivity contribution in [1.82, 2.24) is 10.2 Å². The molecule has 1 aromatic rings. The molecule has 1 unspecified atom stereocenters. The number of furan rings is 1. The maximum atomic E-state index is 11.2. The lowest BCUT2D eigenvalue weighted by Gasteiger charge is -2.33. The molecule has 0 aromatic carbocycles. The molecular weight excluding hydrogens is 220 g/mol. The molecule has 5 heteroatoms. The van der Waals surface area contributed by atoms with Crippen molar-refractivity contribution in [3.63, 3.8) is 0 Å². The van der Waals surface area contributed by atoms with E-state index in [9.17, 15) is 4.79 Å². The fraction of sp³-hybridized carbons (Fsp3) is 0.583. The van der Waals surface area contributed by atoms with Gasteiger partial charge in [-0.1, -0.05) is 0 Å². The van der Waals surface area contributed by atoms with Crippen LogP contribution in [0.25, 0.3) is 0 Å². The number of carbonyl (C=O) groups is 1. The fourth-order valence-corrected chi connectivity index (χ4v) is 1.99. The molecule has 1 aliphatic rings.